The second-order valence-electron chi connectivity index (χ2n) is 3.51. The largest absolute Gasteiger partial charge is 0.397 e. The van der Waals surface area contributed by atoms with Crippen molar-refractivity contribution in [1.82, 2.24) is 15.5 Å². The van der Waals surface area contributed by atoms with Gasteiger partial charge in [-0.3, -0.25) is 4.79 Å². The van der Waals surface area contributed by atoms with Crippen LogP contribution in [-0.2, 0) is 0 Å². The second kappa shape index (κ2) is 3.71. The molecular weight excluding hydrogens is 224 g/mol. The molecule has 2 rings (SSSR count). The molecular formula is C10H12N4OS. The molecule has 3 N–H and O–H groups in total. The zero-order valence-corrected chi connectivity index (χ0v) is 10.1. The van der Waals surface area contributed by atoms with Gasteiger partial charge in [0.2, 0.25) is 0 Å². The highest BCUT2D eigenvalue weighted by atomic mass is 32.1. The third kappa shape index (κ3) is 1.42. The van der Waals surface area contributed by atoms with Gasteiger partial charge in [0.05, 0.1) is 11.4 Å². The summed E-state index contributed by atoms with van der Waals surface area (Å²) < 4.78 is 0. The molecule has 84 valence electrons. The average molecular weight is 236 g/mol. The van der Waals surface area contributed by atoms with Crippen LogP contribution in [0.4, 0.5) is 5.69 Å². The molecule has 2 aromatic heterocycles. The Morgan fingerprint density at radius 1 is 1.38 bits per heavy atom. The summed E-state index contributed by atoms with van der Waals surface area (Å²) in [6.07, 6.45) is 0. The predicted octanol–water partition coefficient (Wildman–Crippen LogP) is 1.25. The van der Waals surface area contributed by atoms with E-state index < -0.39 is 0 Å². The Morgan fingerprint density at radius 2 is 2.06 bits per heavy atom. The highest BCUT2D eigenvalue weighted by Gasteiger charge is 2.18. The number of carbonyl (C=O) groups excluding carboxylic acids is 1. The average Bonchev–Trinajstić information content (AvgIpc) is 2.61. The van der Waals surface area contributed by atoms with Crippen molar-refractivity contribution >= 4 is 33.1 Å². The molecule has 16 heavy (non-hydrogen) atoms. The number of nitrogens with zero attached hydrogens (tertiary/aromatic N) is 2. The number of nitrogen functional groups attached to an aromatic ring is 1. The summed E-state index contributed by atoms with van der Waals surface area (Å²) in [5.74, 6) is -0.183. The maximum atomic E-state index is 11.6. The molecule has 0 bridgehead atoms. The van der Waals surface area contributed by atoms with Gasteiger partial charge in [-0.05, 0) is 19.4 Å². The van der Waals surface area contributed by atoms with Crippen molar-refractivity contribution in [2.75, 3.05) is 12.8 Å². The number of aryl methyl sites for hydroxylation is 2. The summed E-state index contributed by atoms with van der Waals surface area (Å²) >= 11 is 1.27. The molecule has 5 nitrogen and oxygen atoms in total. The number of thiophene rings is 1. The number of hydrogen-bond donors (Lipinski definition) is 2. The van der Waals surface area contributed by atoms with Gasteiger partial charge >= 0.3 is 0 Å². The molecule has 0 unspecified atom stereocenters. The van der Waals surface area contributed by atoms with Gasteiger partial charge < -0.3 is 11.1 Å². The Kier molecular flexibility index (Phi) is 2.51. The van der Waals surface area contributed by atoms with E-state index in [2.05, 4.69) is 15.5 Å². The summed E-state index contributed by atoms with van der Waals surface area (Å²) in [6, 6.07) is 0. The van der Waals surface area contributed by atoms with Crippen molar-refractivity contribution in [3.8, 4) is 0 Å². The number of fused-ring (bicyclic) bond motifs is 1. The lowest BCUT2D eigenvalue weighted by atomic mass is 10.1. The molecule has 0 aliphatic carbocycles. The predicted molar refractivity (Wildman–Crippen MR) is 64.7 cm³/mol. The van der Waals surface area contributed by atoms with Gasteiger partial charge in [0.15, 0.2) is 0 Å². The Labute approximate surface area is 96.7 Å². The van der Waals surface area contributed by atoms with Crippen LogP contribution in [0.15, 0.2) is 0 Å². The van der Waals surface area contributed by atoms with Crippen LogP contribution in [0, 0.1) is 13.8 Å². The molecule has 6 heteroatoms. The fourth-order valence-corrected chi connectivity index (χ4v) is 2.57. The van der Waals surface area contributed by atoms with Crippen molar-refractivity contribution in [2.45, 2.75) is 13.8 Å². The number of anilines is 1. The van der Waals surface area contributed by atoms with E-state index >= 15 is 0 Å². The van der Waals surface area contributed by atoms with Crippen LogP contribution >= 0.6 is 11.3 Å². The molecule has 1 amide bonds. The van der Waals surface area contributed by atoms with Gasteiger partial charge in [-0.1, -0.05) is 0 Å². The highest BCUT2D eigenvalue weighted by Crippen LogP contribution is 2.34. The molecule has 0 saturated carbocycles. The topological polar surface area (TPSA) is 80.9 Å². The van der Waals surface area contributed by atoms with E-state index in [1.807, 2.05) is 13.8 Å². The number of amides is 1. The minimum atomic E-state index is -0.183. The number of nitrogens with one attached hydrogen (secondary N) is 1. The van der Waals surface area contributed by atoms with Crippen LogP contribution in [0.2, 0.25) is 0 Å². The molecule has 0 aromatic carbocycles. The lowest BCUT2D eigenvalue weighted by Gasteiger charge is -2.00. The number of hydrogen-bond acceptors (Lipinski definition) is 5. The van der Waals surface area contributed by atoms with Crippen LogP contribution in [0.1, 0.15) is 20.9 Å². The van der Waals surface area contributed by atoms with Gasteiger partial charge in [-0.2, -0.15) is 5.10 Å². The smallest absolute Gasteiger partial charge is 0.263 e. The van der Waals surface area contributed by atoms with Crippen LogP contribution in [0.25, 0.3) is 10.2 Å². The van der Waals surface area contributed by atoms with E-state index in [-0.39, 0.29) is 5.91 Å². The van der Waals surface area contributed by atoms with Crippen molar-refractivity contribution in [3.63, 3.8) is 0 Å². The Bertz CT molecular complexity index is 576. The Hall–Kier alpha value is -1.69. The van der Waals surface area contributed by atoms with E-state index in [4.69, 9.17) is 5.73 Å². The normalized spacial score (nSPS) is 10.7. The first kappa shape index (κ1) is 10.8. The van der Waals surface area contributed by atoms with Crippen molar-refractivity contribution in [1.29, 1.82) is 0 Å². The van der Waals surface area contributed by atoms with Crippen LogP contribution in [0.5, 0.6) is 0 Å². The van der Waals surface area contributed by atoms with Crippen LogP contribution in [-0.4, -0.2) is 23.2 Å². The third-order valence-electron chi connectivity index (χ3n) is 2.57. The minimum Gasteiger partial charge on any atom is -0.397 e. The van der Waals surface area contributed by atoms with Gasteiger partial charge in [0.1, 0.15) is 9.71 Å². The van der Waals surface area contributed by atoms with E-state index in [1.54, 1.807) is 7.05 Å². The fraction of sp³-hybridized carbons (Fsp3) is 0.300. The van der Waals surface area contributed by atoms with E-state index in [9.17, 15) is 4.79 Å². The quantitative estimate of drug-likeness (QED) is 0.780. The first-order valence-electron chi connectivity index (χ1n) is 4.80. The minimum absolute atomic E-state index is 0.183. The second-order valence-corrected chi connectivity index (χ2v) is 4.51. The zero-order valence-electron chi connectivity index (χ0n) is 9.29. The van der Waals surface area contributed by atoms with Crippen LogP contribution < -0.4 is 11.1 Å². The van der Waals surface area contributed by atoms with E-state index in [0.717, 1.165) is 16.6 Å². The van der Waals surface area contributed by atoms with Crippen LogP contribution in [0.3, 0.4) is 0 Å². The lowest BCUT2D eigenvalue weighted by molar-refractivity contribution is 0.0968. The van der Waals surface area contributed by atoms with E-state index in [1.165, 1.54) is 11.3 Å². The fourth-order valence-electron chi connectivity index (χ4n) is 1.52. The molecule has 0 aliphatic rings. The van der Waals surface area contributed by atoms with E-state index in [0.29, 0.717) is 15.4 Å². The molecule has 0 aliphatic heterocycles. The van der Waals surface area contributed by atoms with Gasteiger partial charge in [-0.25, -0.2) is 0 Å². The summed E-state index contributed by atoms with van der Waals surface area (Å²) in [5, 5.41) is 11.5. The van der Waals surface area contributed by atoms with Gasteiger partial charge in [0, 0.05) is 12.4 Å². The van der Waals surface area contributed by atoms with Gasteiger partial charge in [-0.15, -0.1) is 16.4 Å². The SMILES string of the molecule is CNC(=O)c1sc2nnc(C)c(C)c2c1N. The molecule has 0 atom stereocenters. The first-order chi connectivity index (χ1) is 7.56. The van der Waals surface area contributed by atoms with Crippen molar-refractivity contribution in [3.05, 3.63) is 16.1 Å². The molecule has 0 radical (unpaired) electrons. The molecule has 0 saturated heterocycles. The summed E-state index contributed by atoms with van der Waals surface area (Å²) in [5.41, 5.74) is 8.28. The number of nitrogens with two attached hydrogens (primary N) is 1. The molecule has 0 fully saturated rings. The van der Waals surface area contributed by atoms with Gasteiger partial charge in [0.25, 0.3) is 5.91 Å². The first-order valence-corrected chi connectivity index (χ1v) is 5.61. The maximum absolute atomic E-state index is 11.6. The highest BCUT2D eigenvalue weighted by molar-refractivity contribution is 7.21. The summed E-state index contributed by atoms with van der Waals surface area (Å²) in [4.78, 5) is 12.8. The molecule has 0 spiro atoms. The summed E-state index contributed by atoms with van der Waals surface area (Å²) in [6.45, 7) is 3.81. The molecule has 2 heterocycles. The van der Waals surface area contributed by atoms with Crippen molar-refractivity contribution < 1.29 is 4.79 Å². The number of aromatic nitrogens is 2. The Balaban J connectivity index is 2.79. The summed E-state index contributed by atoms with van der Waals surface area (Å²) in [7, 11) is 1.58. The maximum Gasteiger partial charge on any atom is 0.263 e. The third-order valence-corrected chi connectivity index (χ3v) is 3.66. The lowest BCUT2D eigenvalue weighted by Crippen LogP contribution is -2.17. The zero-order chi connectivity index (χ0) is 11.9. The Morgan fingerprint density at radius 3 is 2.69 bits per heavy atom. The monoisotopic (exact) mass is 236 g/mol. The number of carbonyl (C=O) groups is 1. The standard InChI is InChI=1S/C10H12N4OS/c1-4-5(2)13-14-10-6(4)7(11)8(16-10)9(15)12-3/h11H2,1-3H3,(H,12,15). The molecule has 2 aromatic rings. The van der Waals surface area contributed by atoms with Crippen molar-refractivity contribution in [2.24, 2.45) is 0 Å². The number of rotatable bonds is 1.